The summed E-state index contributed by atoms with van der Waals surface area (Å²) in [6, 6.07) is 3.37. The van der Waals surface area contributed by atoms with E-state index in [0.717, 1.165) is 18.5 Å². The fraction of sp³-hybridized carbons (Fsp3) is 0.357. The maximum atomic E-state index is 13.5. The Morgan fingerprint density at radius 2 is 2.00 bits per heavy atom. The molecule has 2 N–H and O–H groups in total. The molecule has 19 heavy (non-hydrogen) atoms. The summed E-state index contributed by atoms with van der Waals surface area (Å²) in [5, 5.41) is 4.16. The molecule has 1 aromatic heterocycles. The number of rotatable bonds is 5. The molecule has 0 saturated heterocycles. The lowest BCUT2D eigenvalue weighted by Gasteiger charge is -2.11. The van der Waals surface area contributed by atoms with Gasteiger partial charge in [-0.05, 0) is 25.0 Å². The normalized spacial score (nSPS) is 12.6. The largest absolute Gasteiger partial charge is 0.324 e. The predicted octanol–water partition coefficient (Wildman–Crippen LogP) is 2.81. The average molecular weight is 265 g/mol. The van der Waals surface area contributed by atoms with Crippen molar-refractivity contribution in [3.05, 3.63) is 53.4 Å². The van der Waals surface area contributed by atoms with Crippen LogP contribution in [0.25, 0.3) is 0 Å². The Balaban J connectivity index is 2.13. The fourth-order valence-electron chi connectivity index (χ4n) is 1.99. The van der Waals surface area contributed by atoms with Gasteiger partial charge in [-0.1, -0.05) is 13.0 Å². The van der Waals surface area contributed by atoms with Crippen LogP contribution in [-0.4, -0.2) is 9.78 Å². The van der Waals surface area contributed by atoms with Crippen molar-refractivity contribution >= 4 is 0 Å². The molecule has 0 spiro atoms. The van der Waals surface area contributed by atoms with E-state index in [9.17, 15) is 8.78 Å². The van der Waals surface area contributed by atoms with Crippen molar-refractivity contribution in [2.75, 3.05) is 0 Å². The Hall–Kier alpha value is -1.75. The second-order valence-electron chi connectivity index (χ2n) is 4.55. The lowest BCUT2D eigenvalue weighted by molar-refractivity contribution is 0.539. The number of nitrogens with two attached hydrogens (primary N) is 1. The van der Waals surface area contributed by atoms with Crippen molar-refractivity contribution in [2.45, 2.75) is 32.4 Å². The molecule has 0 fully saturated rings. The number of hydrogen-bond acceptors (Lipinski definition) is 2. The topological polar surface area (TPSA) is 43.8 Å². The first-order valence-electron chi connectivity index (χ1n) is 6.32. The third kappa shape index (κ3) is 3.17. The van der Waals surface area contributed by atoms with E-state index < -0.39 is 17.7 Å². The molecule has 2 rings (SSSR count). The van der Waals surface area contributed by atoms with Gasteiger partial charge in [-0.3, -0.25) is 4.68 Å². The van der Waals surface area contributed by atoms with Crippen LogP contribution in [0.1, 0.15) is 30.5 Å². The van der Waals surface area contributed by atoms with Crippen LogP contribution in [-0.2, 0) is 13.0 Å². The van der Waals surface area contributed by atoms with Crippen molar-refractivity contribution in [2.24, 2.45) is 5.73 Å². The number of aromatic nitrogens is 2. The minimum atomic E-state index is -0.559. The van der Waals surface area contributed by atoms with Gasteiger partial charge in [0.25, 0.3) is 0 Å². The molecule has 0 radical (unpaired) electrons. The summed E-state index contributed by atoms with van der Waals surface area (Å²) in [5.41, 5.74) is 6.80. The van der Waals surface area contributed by atoms with Crippen LogP contribution in [0.4, 0.5) is 8.78 Å². The maximum Gasteiger partial charge on any atom is 0.129 e. The SMILES string of the molecule is CCCn1cc(C(N)Cc2c(F)cccc2F)cn1. The van der Waals surface area contributed by atoms with Gasteiger partial charge in [0.05, 0.1) is 6.20 Å². The minimum Gasteiger partial charge on any atom is -0.324 e. The van der Waals surface area contributed by atoms with Gasteiger partial charge in [0.15, 0.2) is 0 Å². The number of aryl methyl sites for hydroxylation is 1. The van der Waals surface area contributed by atoms with Crippen molar-refractivity contribution in [3.63, 3.8) is 0 Å². The lowest BCUT2D eigenvalue weighted by Crippen LogP contribution is -2.14. The van der Waals surface area contributed by atoms with Crippen LogP contribution in [0.3, 0.4) is 0 Å². The summed E-state index contributed by atoms with van der Waals surface area (Å²) in [7, 11) is 0. The molecule has 2 aromatic rings. The first kappa shape index (κ1) is 13.7. The Morgan fingerprint density at radius 1 is 1.32 bits per heavy atom. The van der Waals surface area contributed by atoms with E-state index in [1.807, 2.05) is 6.20 Å². The minimum absolute atomic E-state index is 0.0261. The number of hydrogen-bond donors (Lipinski definition) is 1. The lowest BCUT2D eigenvalue weighted by atomic mass is 10.0. The van der Waals surface area contributed by atoms with Crippen LogP contribution in [0.15, 0.2) is 30.6 Å². The molecule has 0 aliphatic heterocycles. The maximum absolute atomic E-state index is 13.5. The third-order valence-electron chi connectivity index (χ3n) is 3.02. The van der Waals surface area contributed by atoms with E-state index in [-0.39, 0.29) is 12.0 Å². The smallest absolute Gasteiger partial charge is 0.129 e. The van der Waals surface area contributed by atoms with E-state index in [2.05, 4.69) is 12.0 Å². The van der Waals surface area contributed by atoms with Gasteiger partial charge in [0.1, 0.15) is 11.6 Å². The van der Waals surface area contributed by atoms with Crippen LogP contribution < -0.4 is 5.73 Å². The molecule has 0 saturated carbocycles. The Bertz CT molecular complexity index is 531. The van der Waals surface area contributed by atoms with E-state index in [1.54, 1.807) is 10.9 Å². The summed E-state index contributed by atoms with van der Waals surface area (Å²) in [5.74, 6) is -1.12. The quantitative estimate of drug-likeness (QED) is 0.903. The molecule has 3 nitrogen and oxygen atoms in total. The summed E-state index contributed by atoms with van der Waals surface area (Å²) in [6.45, 7) is 2.86. The average Bonchev–Trinajstić information content (AvgIpc) is 2.83. The molecule has 0 amide bonds. The highest BCUT2D eigenvalue weighted by Crippen LogP contribution is 2.20. The van der Waals surface area contributed by atoms with Crippen molar-refractivity contribution < 1.29 is 8.78 Å². The Labute approximate surface area is 111 Å². The highest BCUT2D eigenvalue weighted by Gasteiger charge is 2.15. The van der Waals surface area contributed by atoms with Gasteiger partial charge in [0, 0.05) is 29.9 Å². The Kier molecular flexibility index (Phi) is 4.27. The van der Waals surface area contributed by atoms with Crippen LogP contribution in [0.5, 0.6) is 0 Å². The van der Waals surface area contributed by atoms with Gasteiger partial charge >= 0.3 is 0 Å². The molecular formula is C14H17F2N3. The standard InChI is InChI=1S/C14H17F2N3/c1-2-6-19-9-10(8-18-19)14(17)7-11-12(15)4-3-5-13(11)16/h3-5,8-9,14H,2,6-7,17H2,1H3. The van der Waals surface area contributed by atoms with Gasteiger partial charge in [-0.15, -0.1) is 0 Å². The molecule has 1 atom stereocenters. The van der Waals surface area contributed by atoms with E-state index in [0.29, 0.717) is 0 Å². The van der Waals surface area contributed by atoms with Crippen molar-refractivity contribution in [3.8, 4) is 0 Å². The first-order valence-corrected chi connectivity index (χ1v) is 6.32. The monoisotopic (exact) mass is 265 g/mol. The zero-order valence-corrected chi connectivity index (χ0v) is 10.8. The molecule has 1 heterocycles. The first-order chi connectivity index (χ1) is 9.11. The molecule has 5 heteroatoms. The summed E-state index contributed by atoms with van der Waals surface area (Å²) < 4.78 is 28.9. The molecule has 1 aromatic carbocycles. The molecular weight excluding hydrogens is 248 g/mol. The zero-order chi connectivity index (χ0) is 13.8. The molecule has 0 aliphatic carbocycles. The van der Waals surface area contributed by atoms with E-state index in [4.69, 9.17) is 5.73 Å². The number of benzene rings is 1. The van der Waals surface area contributed by atoms with Crippen LogP contribution >= 0.6 is 0 Å². The second-order valence-corrected chi connectivity index (χ2v) is 4.55. The van der Waals surface area contributed by atoms with Gasteiger partial charge in [-0.2, -0.15) is 5.10 Å². The van der Waals surface area contributed by atoms with Gasteiger partial charge in [-0.25, -0.2) is 8.78 Å². The summed E-state index contributed by atoms with van der Waals surface area (Å²) in [6.07, 6.45) is 4.57. The summed E-state index contributed by atoms with van der Waals surface area (Å²) in [4.78, 5) is 0. The molecule has 0 bridgehead atoms. The number of halogens is 2. The highest BCUT2D eigenvalue weighted by atomic mass is 19.1. The Morgan fingerprint density at radius 3 is 2.63 bits per heavy atom. The third-order valence-corrected chi connectivity index (χ3v) is 3.02. The zero-order valence-electron chi connectivity index (χ0n) is 10.8. The molecule has 102 valence electrons. The number of nitrogens with zero attached hydrogens (tertiary/aromatic N) is 2. The molecule has 1 unspecified atom stereocenters. The summed E-state index contributed by atoms with van der Waals surface area (Å²) >= 11 is 0. The predicted molar refractivity (Wildman–Crippen MR) is 69.5 cm³/mol. The van der Waals surface area contributed by atoms with Crippen molar-refractivity contribution in [1.29, 1.82) is 0 Å². The highest BCUT2D eigenvalue weighted by molar-refractivity contribution is 5.23. The van der Waals surface area contributed by atoms with E-state index >= 15 is 0 Å². The second kappa shape index (κ2) is 5.93. The van der Waals surface area contributed by atoms with Crippen LogP contribution in [0, 0.1) is 11.6 Å². The van der Waals surface area contributed by atoms with Gasteiger partial charge < -0.3 is 5.73 Å². The van der Waals surface area contributed by atoms with Crippen LogP contribution in [0.2, 0.25) is 0 Å². The van der Waals surface area contributed by atoms with E-state index in [1.165, 1.54) is 18.2 Å². The molecule has 0 aliphatic rings. The van der Waals surface area contributed by atoms with Gasteiger partial charge in [0.2, 0.25) is 0 Å². The fourth-order valence-corrected chi connectivity index (χ4v) is 1.99. The van der Waals surface area contributed by atoms with Crippen molar-refractivity contribution in [1.82, 2.24) is 9.78 Å².